The van der Waals surface area contributed by atoms with Gasteiger partial charge in [-0.2, -0.15) is 0 Å². The number of aromatic carboxylic acids is 1. The Morgan fingerprint density at radius 1 is 1.75 bits per heavy atom. The third-order valence-corrected chi connectivity index (χ3v) is 4.21. The van der Waals surface area contributed by atoms with Crippen LogP contribution in [-0.2, 0) is 11.2 Å². The van der Waals surface area contributed by atoms with Gasteiger partial charge in [-0.1, -0.05) is 0 Å². The fourth-order valence-corrected chi connectivity index (χ4v) is 3.24. The molecule has 0 saturated heterocycles. The maximum Gasteiger partial charge on any atom is 0.345 e. The average Bonchev–Trinajstić information content (AvgIpc) is 2.66. The predicted molar refractivity (Wildman–Crippen MR) is 62.2 cm³/mol. The molecule has 0 amide bonds. The molecule has 4 nitrogen and oxygen atoms in total. The number of nitrogens with zero attached hydrogens (tertiary/aromatic N) is 1. The lowest BCUT2D eigenvalue weighted by Gasteiger charge is -2.31. The van der Waals surface area contributed by atoms with E-state index >= 15 is 0 Å². The number of carbonyl (C=O) groups is 1. The number of likely N-dealkylation sites (N-methyl/N-ethyl adjacent to an activating group) is 1. The molecule has 1 aliphatic heterocycles. The average molecular weight is 241 g/mol. The van der Waals surface area contributed by atoms with Crippen molar-refractivity contribution >= 4 is 17.3 Å². The van der Waals surface area contributed by atoms with Crippen LogP contribution in [0, 0.1) is 0 Å². The summed E-state index contributed by atoms with van der Waals surface area (Å²) in [5.41, 5.74) is 1.17. The first-order valence-electron chi connectivity index (χ1n) is 5.18. The van der Waals surface area contributed by atoms with Gasteiger partial charge in [-0.15, -0.1) is 11.3 Å². The minimum Gasteiger partial charge on any atom is -0.477 e. The lowest BCUT2D eigenvalue weighted by molar-refractivity contribution is 0.0702. The molecule has 0 radical (unpaired) electrons. The first kappa shape index (κ1) is 11.6. The Hall–Kier alpha value is -0.910. The van der Waals surface area contributed by atoms with E-state index in [0.29, 0.717) is 11.5 Å². The molecule has 2 heterocycles. The third-order valence-electron chi connectivity index (χ3n) is 2.95. The molecule has 1 unspecified atom stereocenters. The van der Waals surface area contributed by atoms with E-state index in [9.17, 15) is 4.79 Å². The maximum atomic E-state index is 10.9. The second kappa shape index (κ2) is 4.53. The zero-order valence-electron chi connectivity index (χ0n) is 9.40. The molecule has 1 atom stereocenters. The monoisotopic (exact) mass is 241 g/mol. The number of rotatable bonds is 3. The summed E-state index contributed by atoms with van der Waals surface area (Å²) in [6.07, 6.45) is 0.926. The second-order valence-electron chi connectivity index (χ2n) is 4.01. The van der Waals surface area contributed by atoms with Crippen LogP contribution in [0.4, 0.5) is 0 Å². The molecular weight excluding hydrogens is 226 g/mol. The SMILES string of the molecule is COCC1c2sc(C(=O)O)cc2CCN1C. The Labute approximate surface area is 98.4 Å². The minimum absolute atomic E-state index is 0.201. The van der Waals surface area contributed by atoms with Crippen molar-refractivity contribution in [2.24, 2.45) is 0 Å². The van der Waals surface area contributed by atoms with Gasteiger partial charge in [0.2, 0.25) is 0 Å². The van der Waals surface area contributed by atoms with Crippen molar-refractivity contribution in [1.82, 2.24) is 4.90 Å². The quantitative estimate of drug-likeness (QED) is 0.873. The fraction of sp³-hybridized carbons (Fsp3) is 0.545. The highest BCUT2D eigenvalue weighted by atomic mass is 32.1. The molecule has 0 aliphatic carbocycles. The van der Waals surface area contributed by atoms with E-state index in [1.165, 1.54) is 16.9 Å². The smallest absolute Gasteiger partial charge is 0.345 e. The van der Waals surface area contributed by atoms with E-state index in [2.05, 4.69) is 4.90 Å². The fourth-order valence-electron chi connectivity index (χ4n) is 2.04. The lowest BCUT2D eigenvalue weighted by atomic mass is 10.0. The van der Waals surface area contributed by atoms with Gasteiger partial charge in [-0.25, -0.2) is 4.79 Å². The number of thiophene rings is 1. The third kappa shape index (κ3) is 1.98. The second-order valence-corrected chi connectivity index (χ2v) is 5.09. The van der Waals surface area contributed by atoms with Gasteiger partial charge in [-0.3, -0.25) is 4.90 Å². The van der Waals surface area contributed by atoms with Crippen LogP contribution in [0.2, 0.25) is 0 Å². The topological polar surface area (TPSA) is 49.8 Å². The van der Waals surface area contributed by atoms with E-state index in [-0.39, 0.29) is 6.04 Å². The summed E-state index contributed by atoms with van der Waals surface area (Å²) >= 11 is 1.37. The summed E-state index contributed by atoms with van der Waals surface area (Å²) in [6, 6.07) is 2.00. The Morgan fingerprint density at radius 2 is 2.50 bits per heavy atom. The Morgan fingerprint density at radius 3 is 3.12 bits per heavy atom. The van der Waals surface area contributed by atoms with Gasteiger partial charge in [0.05, 0.1) is 12.6 Å². The van der Waals surface area contributed by atoms with Gasteiger partial charge in [0, 0.05) is 18.5 Å². The Kier molecular flexibility index (Phi) is 3.28. The van der Waals surface area contributed by atoms with Crippen LogP contribution in [0.3, 0.4) is 0 Å². The summed E-state index contributed by atoms with van der Waals surface area (Å²) in [6.45, 7) is 1.57. The molecule has 0 saturated carbocycles. The number of methoxy groups -OCH3 is 1. The van der Waals surface area contributed by atoms with Crippen molar-refractivity contribution < 1.29 is 14.6 Å². The highest BCUT2D eigenvalue weighted by Crippen LogP contribution is 2.35. The van der Waals surface area contributed by atoms with Gasteiger partial charge in [0.15, 0.2) is 0 Å². The van der Waals surface area contributed by atoms with Crippen molar-refractivity contribution in [3.63, 3.8) is 0 Å². The van der Waals surface area contributed by atoms with Gasteiger partial charge in [0.25, 0.3) is 0 Å². The van der Waals surface area contributed by atoms with Crippen LogP contribution in [-0.4, -0.2) is 43.3 Å². The van der Waals surface area contributed by atoms with Gasteiger partial charge in [-0.05, 0) is 25.1 Å². The number of ether oxygens (including phenoxy) is 1. The van der Waals surface area contributed by atoms with Crippen LogP contribution < -0.4 is 0 Å². The highest BCUT2D eigenvalue weighted by Gasteiger charge is 2.28. The van der Waals surface area contributed by atoms with Crippen molar-refractivity contribution in [2.75, 3.05) is 27.3 Å². The first-order valence-corrected chi connectivity index (χ1v) is 6.00. The highest BCUT2D eigenvalue weighted by molar-refractivity contribution is 7.14. The van der Waals surface area contributed by atoms with Gasteiger partial charge in [0.1, 0.15) is 4.88 Å². The van der Waals surface area contributed by atoms with Crippen LogP contribution in [0.15, 0.2) is 6.07 Å². The number of hydrogen-bond donors (Lipinski definition) is 1. The van der Waals surface area contributed by atoms with Crippen LogP contribution in [0.1, 0.15) is 26.2 Å². The maximum absolute atomic E-state index is 10.9. The number of hydrogen-bond acceptors (Lipinski definition) is 4. The van der Waals surface area contributed by atoms with Crippen molar-refractivity contribution in [1.29, 1.82) is 0 Å². The molecular formula is C11H15NO3S. The Bertz CT molecular complexity index is 402. The lowest BCUT2D eigenvalue weighted by Crippen LogP contribution is -2.33. The van der Waals surface area contributed by atoms with E-state index in [0.717, 1.165) is 17.8 Å². The molecule has 1 N–H and O–H groups in total. The summed E-state index contributed by atoms with van der Waals surface area (Å²) in [4.78, 5) is 14.7. The molecule has 0 spiro atoms. The summed E-state index contributed by atoms with van der Waals surface area (Å²) in [5, 5.41) is 8.98. The summed E-state index contributed by atoms with van der Waals surface area (Å²) in [5.74, 6) is -0.835. The van der Waals surface area contributed by atoms with Crippen LogP contribution in [0.5, 0.6) is 0 Å². The molecule has 1 aliphatic rings. The van der Waals surface area contributed by atoms with Crippen molar-refractivity contribution in [2.45, 2.75) is 12.5 Å². The van der Waals surface area contributed by atoms with E-state index in [4.69, 9.17) is 9.84 Å². The molecule has 16 heavy (non-hydrogen) atoms. The van der Waals surface area contributed by atoms with E-state index in [1.807, 2.05) is 7.05 Å². The largest absolute Gasteiger partial charge is 0.477 e. The van der Waals surface area contributed by atoms with Crippen molar-refractivity contribution in [3.05, 3.63) is 21.4 Å². The molecule has 1 aromatic rings. The zero-order chi connectivity index (χ0) is 11.7. The van der Waals surface area contributed by atoms with Crippen LogP contribution >= 0.6 is 11.3 Å². The number of carboxylic acids is 1. The zero-order valence-corrected chi connectivity index (χ0v) is 10.2. The molecule has 88 valence electrons. The van der Waals surface area contributed by atoms with E-state index < -0.39 is 5.97 Å². The predicted octanol–water partition coefficient (Wildman–Crippen LogP) is 1.62. The molecule has 0 fully saturated rings. The molecule has 0 aromatic carbocycles. The number of carboxylic acid groups (broad SMARTS) is 1. The molecule has 2 rings (SSSR count). The molecule has 0 bridgehead atoms. The minimum atomic E-state index is -0.835. The molecule has 1 aromatic heterocycles. The standard InChI is InChI=1S/C11H15NO3S/c1-12-4-3-7-5-9(11(13)14)16-10(7)8(12)6-15-2/h5,8H,3-4,6H2,1-2H3,(H,13,14). The van der Waals surface area contributed by atoms with Crippen LogP contribution in [0.25, 0.3) is 0 Å². The van der Waals surface area contributed by atoms with Gasteiger partial charge >= 0.3 is 5.97 Å². The normalized spacial score (nSPS) is 20.8. The molecule has 5 heteroatoms. The first-order chi connectivity index (χ1) is 7.63. The summed E-state index contributed by atoms with van der Waals surface area (Å²) in [7, 11) is 3.72. The van der Waals surface area contributed by atoms with Gasteiger partial charge < -0.3 is 9.84 Å². The van der Waals surface area contributed by atoms with E-state index in [1.54, 1.807) is 13.2 Å². The summed E-state index contributed by atoms with van der Waals surface area (Å²) < 4.78 is 5.20. The Balaban J connectivity index is 2.34. The van der Waals surface area contributed by atoms with Crippen molar-refractivity contribution in [3.8, 4) is 0 Å². The number of fused-ring (bicyclic) bond motifs is 1.